The monoisotopic (exact) mass is 379 g/mol. The van der Waals surface area contributed by atoms with Crippen molar-refractivity contribution in [1.82, 2.24) is 14.8 Å². The van der Waals surface area contributed by atoms with Crippen LogP contribution in [0, 0.1) is 0 Å². The fourth-order valence-electron chi connectivity index (χ4n) is 4.88. The summed E-state index contributed by atoms with van der Waals surface area (Å²) in [5.41, 5.74) is 0.737. The van der Waals surface area contributed by atoms with Crippen molar-refractivity contribution in [2.24, 2.45) is 0 Å². The summed E-state index contributed by atoms with van der Waals surface area (Å²) in [5, 5.41) is 0. The molecule has 3 saturated heterocycles. The Morgan fingerprint density at radius 2 is 2.07 bits per heavy atom. The Kier molecular flexibility index (Phi) is 3.87. The third-order valence-electron chi connectivity index (χ3n) is 6.10. The summed E-state index contributed by atoms with van der Waals surface area (Å²) in [5.74, 6) is 0.157. The number of nitrogens with zero attached hydrogens (tertiary/aromatic N) is 3. The van der Waals surface area contributed by atoms with Gasteiger partial charge >= 0.3 is 0 Å². The van der Waals surface area contributed by atoms with Crippen LogP contribution in [0.15, 0.2) is 48.7 Å². The Balaban J connectivity index is 1.47. The molecule has 2 amide bonds. The van der Waals surface area contributed by atoms with E-state index in [0.717, 1.165) is 5.56 Å². The van der Waals surface area contributed by atoms with Crippen molar-refractivity contribution in [2.45, 2.75) is 30.7 Å². The molecule has 3 fully saturated rings. The predicted molar refractivity (Wildman–Crippen MR) is 99.6 cm³/mol. The largest absolute Gasteiger partial charge is 0.480 e. The van der Waals surface area contributed by atoms with Crippen molar-refractivity contribution in [2.75, 3.05) is 20.3 Å². The van der Waals surface area contributed by atoms with E-state index in [1.54, 1.807) is 23.2 Å². The van der Waals surface area contributed by atoms with Crippen molar-refractivity contribution >= 4 is 11.8 Å². The van der Waals surface area contributed by atoms with Gasteiger partial charge in [0.2, 0.25) is 11.8 Å². The molecule has 144 valence electrons. The van der Waals surface area contributed by atoms with Crippen LogP contribution in [-0.4, -0.2) is 58.6 Å². The Morgan fingerprint density at radius 3 is 2.86 bits per heavy atom. The first-order valence-corrected chi connectivity index (χ1v) is 9.47. The minimum atomic E-state index is -0.733. The van der Waals surface area contributed by atoms with E-state index in [-0.39, 0.29) is 30.3 Å². The second kappa shape index (κ2) is 6.31. The van der Waals surface area contributed by atoms with Gasteiger partial charge in [-0.25, -0.2) is 4.98 Å². The lowest BCUT2D eigenvalue weighted by atomic mass is 10.0. The number of ether oxygens (including phenoxy) is 2. The summed E-state index contributed by atoms with van der Waals surface area (Å²) in [6.07, 6.45) is 2.48. The van der Waals surface area contributed by atoms with E-state index in [4.69, 9.17) is 9.47 Å². The number of carbonyl (C=O) groups is 2. The molecule has 1 spiro atoms. The zero-order valence-electron chi connectivity index (χ0n) is 15.6. The zero-order chi connectivity index (χ0) is 19.3. The van der Waals surface area contributed by atoms with Crippen molar-refractivity contribution in [3.8, 4) is 5.88 Å². The van der Waals surface area contributed by atoms with Gasteiger partial charge in [0, 0.05) is 19.2 Å². The fourth-order valence-corrected chi connectivity index (χ4v) is 4.88. The van der Waals surface area contributed by atoms with E-state index in [2.05, 4.69) is 4.98 Å². The molecule has 0 aliphatic carbocycles. The zero-order valence-corrected chi connectivity index (χ0v) is 15.6. The number of likely N-dealkylation sites (tertiary alicyclic amines) is 1. The van der Waals surface area contributed by atoms with Crippen LogP contribution in [0.2, 0.25) is 0 Å². The Labute approximate surface area is 162 Å². The number of carbonyl (C=O) groups excluding carboxylic acids is 2. The Bertz CT molecular complexity index is 934. The first kappa shape index (κ1) is 17.2. The number of rotatable bonds is 3. The van der Waals surface area contributed by atoms with Gasteiger partial charge < -0.3 is 19.3 Å². The molecule has 0 saturated carbocycles. The maximum Gasteiger partial charge on any atom is 0.259 e. The average molecular weight is 379 g/mol. The van der Waals surface area contributed by atoms with E-state index in [0.29, 0.717) is 31.0 Å². The second-order valence-corrected chi connectivity index (χ2v) is 7.37. The van der Waals surface area contributed by atoms with Crippen LogP contribution in [-0.2, 0) is 9.53 Å². The summed E-state index contributed by atoms with van der Waals surface area (Å²) in [7, 11) is 1.50. The van der Waals surface area contributed by atoms with Gasteiger partial charge in [-0.1, -0.05) is 30.3 Å². The van der Waals surface area contributed by atoms with Crippen LogP contribution in [0.4, 0.5) is 0 Å². The second-order valence-electron chi connectivity index (χ2n) is 7.37. The fraction of sp³-hybridized carbons (Fsp3) is 0.381. The van der Waals surface area contributed by atoms with Crippen LogP contribution in [0.25, 0.3) is 0 Å². The first-order chi connectivity index (χ1) is 13.7. The third kappa shape index (κ3) is 2.29. The molecular formula is C21H21N3O4. The van der Waals surface area contributed by atoms with E-state index in [1.165, 1.54) is 7.11 Å². The van der Waals surface area contributed by atoms with Crippen molar-refractivity contribution in [3.63, 3.8) is 0 Å². The Hall–Kier alpha value is -2.93. The minimum Gasteiger partial charge on any atom is -0.480 e. The lowest BCUT2D eigenvalue weighted by molar-refractivity contribution is -0.138. The highest BCUT2D eigenvalue weighted by Crippen LogP contribution is 2.51. The van der Waals surface area contributed by atoms with Crippen LogP contribution in [0.1, 0.15) is 34.8 Å². The van der Waals surface area contributed by atoms with Gasteiger partial charge in [0.05, 0.1) is 32.2 Å². The first-order valence-electron chi connectivity index (χ1n) is 9.47. The molecule has 0 unspecified atom stereocenters. The molecule has 5 rings (SSSR count). The molecule has 1 aromatic carbocycles. The molecule has 3 aliphatic heterocycles. The van der Waals surface area contributed by atoms with Crippen LogP contribution in [0.5, 0.6) is 5.88 Å². The highest BCUT2D eigenvalue weighted by atomic mass is 16.5. The molecular weight excluding hydrogens is 358 g/mol. The average Bonchev–Trinajstić information content (AvgIpc) is 3.37. The Morgan fingerprint density at radius 1 is 1.25 bits per heavy atom. The third-order valence-corrected chi connectivity index (χ3v) is 6.10. The summed E-state index contributed by atoms with van der Waals surface area (Å²) < 4.78 is 11.5. The van der Waals surface area contributed by atoms with Crippen molar-refractivity contribution in [1.29, 1.82) is 0 Å². The van der Waals surface area contributed by atoms with E-state index in [1.807, 2.05) is 35.2 Å². The van der Waals surface area contributed by atoms with Gasteiger partial charge in [0.1, 0.15) is 5.56 Å². The van der Waals surface area contributed by atoms with E-state index >= 15 is 0 Å². The molecule has 7 nitrogen and oxygen atoms in total. The van der Waals surface area contributed by atoms with Gasteiger partial charge in [-0.3, -0.25) is 9.59 Å². The maximum atomic E-state index is 13.2. The normalized spacial score (nSPS) is 28.4. The van der Waals surface area contributed by atoms with Gasteiger partial charge in [-0.2, -0.15) is 0 Å². The SMILES string of the molecule is COc1ncccc1C(=O)N1CC[C@@]23OC[C@@H](c4ccccc4)N2C(=O)C[C@@H]13. The molecule has 4 heterocycles. The lowest BCUT2D eigenvalue weighted by Gasteiger charge is -2.33. The van der Waals surface area contributed by atoms with E-state index < -0.39 is 5.72 Å². The number of hydrogen-bond donors (Lipinski definition) is 0. The van der Waals surface area contributed by atoms with Crippen LogP contribution in [0.3, 0.4) is 0 Å². The van der Waals surface area contributed by atoms with Gasteiger partial charge in [0.25, 0.3) is 5.91 Å². The summed E-state index contributed by atoms with van der Waals surface area (Å²) in [6, 6.07) is 12.9. The molecule has 2 aromatic rings. The molecule has 0 N–H and O–H groups in total. The van der Waals surface area contributed by atoms with Gasteiger partial charge in [-0.05, 0) is 17.7 Å². The number of pyridine rings is 1. The number of benzene rings is 1. The molecule has 28 heavy (non-hydrogen) atoms. The molecule has 0 radical (unpaired) electrons. The highest BCUT2D eigenvalue weighted by Gasteiger charge is 2.65. The van der Waals surface area contributed by atoms with Gasteiger partial charge in [0.15, 0.2) is 5.72 Å². The quantitative estimate of drug-likeness (QED) is 0.816. The molecule has 3 aliphatic rings. The summed E-state index contributed by atoms with van der Waals surface area (Å²) >= 11 is 0. The molecule has 1 aromatic heterocycles. The molecule has 0 bridgehead atoms. The van der Waals surface area contributed by atoms with Gasteiger partial charge in [-0.15, -0.1) is 0 Å². The summed E-state index contributed by atoms with van der Waals surface area (Å²) in [4.78, 5) is 33.9. The maximum absolute atomic E-state index is 13.2. The summed E-state index contributed by atoms with van der Waals surface area (Å²) in [6.45, 7) is 0.983. The smallest absolute Gasteiger partial charge is 0.259 e. The number of aromatic nitrogens is 1. The standard InChI is InChI=1S/C21H21N3O4/c1-27-19-15(8-5-10-22-19)20(26)23-11-9-21-17(23)12-18(25)24(21)16(13-28-21)14-6-3-2-4-7-14/h2-8,10,16-17H,9,11-13H2,1H3/t16-,17+,21-/m0/s1. The number of amides is 2. The van der Waals surface area contributed by atoms with Crippen molar-refractivity contribution in [3.05, 3.63) is 59.8 Å². The highest BCUT2D eigenvalue weighted by molar-refractivity contribution is 5.97. The van der Waals surface area contributed by atoms with Crippen LogP contribution < -0.4 is 4.74 Å². The van der Waals surface area contributed by atoms with Crippen LogP contribution >= 0.6 is 0 Å². The molecule has 7 heteroatoms. The topological polar surface area (TPSA) is 72.0 Å². The molecule has 3 atom stereocenters. The van der Waals surface area contributed by atoms with E-state index in [9.17, 15) is 9.59 Å². The lowest BCUT2D eigenvalue weighted by Crippen LogP contribution is -2.49. The minimum absolute atomic E-state index is 0.0343. The predicted octanol–water partition coefficient (Wildman–Crippen LogP) is 2.00. The number of hydrogen-bond acceptors (Lipinski definition) is 5. The van der Waals surface area contributed by atoms with Crippen molar-refractivity contribution < 1.29 is 19.1 Å². The number of methoxy groups -OCH3 is 1.